The maximum Gasteiger partial charge on any atom is 0.246 e. The minimum absolute atomic E-state index is 0.0389. The standard InChI is InChI=1S/C23H23N7O/c31-21(30-12-18-19(13-30)22(18)20-11-26-29-28-20)6-5-14-9-24-23(25-10-14)27-17-7-15-3-1-2-4-16(15)8-17/h1-6,9-11,17-19,22H,7-8,12-13H2,(H,24,25,27)(H,26,28,29)/b6-5+. The number of hydrogen-bond donors (Lipinski definition) is 2. The van der Waals surface area contributed by atoms with E-state index in [4.69, 9.17) is 0 Å². The Hall–Kier alpha value is -3.55. The molecule has 3 aromatic rings. The maximum atomic E-state index is 12.5. The summed E-state index contributed by atoms with van der Waals surface area (Å²) in [6.45, 7) is 1.57. The highest BCUT2D eigenvalue weighted by Gasteiger charge is 2.58. The van der Waals surface area contributed by atoms with Crippen molar-refractivity contribution in [3.8, 4) is 0 Å². The Balaban J connectivity index is 1.01. The number of nitrogens with one attached hydrogen (secondary N) is 2. The van der Waals surface area contributed by atoms with Crippen LogP contribution < -0.4 is 5.32 Å². The third-order valence-electron chi connectivity index (χ3n) is 6.76. The molecule has 8 heteroatoms. The van der Waals surface area contributed by atoms with Gasteiger partial charge in [0.1, 0.15) is 0 Å². The molecule has 1 aliphatic heterocycles. The topological polar surface area (TPSA) is 99.7 Å². The summed E-state index contributed by atoms with van der Waals surface area (Å²) in [6.07, 6.45) is 10.7. The molecule has 2 N–H and O–H groups in total. The fourth-order valence-corrected chi connectivity index (χ4v) is 5.13. The molecule has 2 fully saturated rings. The first-order valence-electron chi connectivity index (χ1n) is 10.7. The summed E-state index contributed by atoms with van der Waals surface area (Å²) >= 11 is 0. The molecular formula is C23H23N7O. The number of carbonyl (C=O) groups is 1. The molecule has 2 unspecified atom stereocenters. The number of benzene rings is 1. The van der Waals surface area contributed by atoms with Gasteiger partial charge in [-0.3, -0.25) is 4.79 Å². The van der Waals surface area contributed by atoms with Crippen molar-refractivity contribution in [2.24, 2.45) is 11.8 Å². The molecule has 1 aromatic carbocycles. The van der Waals surface area contributed by atoms with Crippen LogP contribution in [0, 0.1) is 11.8 Å². The van der Waals surface area contributed by atoms with E-state index in [0.29, 0.717) is 29.7 Å². The van der Waals surface area contributed by atoms with Gasteiger partial charge in [0.05, 0.1) is 11.9 Å². The molecule has 1 saturated heterocycles. The number of hydrogen-bond acceptors (Lipinski definition) is 6. The van der Waals surface area contributed by atoms with E-state index in [1.807, 2.05) is 4.90 Å². The first-order chi connectivity index (χ1) is 15.2. The van der Waals surface area contributed by atoms with Crippen molar-refractivity contribution in [2.75, 3.05) is 18.4 Å². The van der Waals surface area contributed by atoms with E-state index < -0.39 is 0 Å². The van der Waals surface area contributed by atoms with Crippen molar-refractivity contribution in [1.82, 2.24) is 30.3 Å². The largest absolute Gasteiger partial charge is 0.351 e. The van der Waals surface area contributed by atoms with Crippen LogP contribution in [-0.2, 0) is 17.6 Å². The third-order valence-corrected chi connectivity index (χ3v) is 6.76. The van der Waals surface area contributed by atoms with E-state index in [2.05, 4.69) is 55.0 Å². The molecular weight excluding hydrogens is 390 g/mol. The van der Waals surface area contributed by atoms with Crippen LogP contribution in [0.15, 0.2) is 48.9 Å². The SMILES string of the molecule is O=C(/C=C/c1cnc(NC2Cc3ccccc3C2)nc1)N1CC2C(C1)C2c1cn[nH]n1. The number of aromatic nitrogens is 5. The fourth-order valence-electron chi connectivity index (χ4n) is 5.13. The molecule has 3 aliphatic rings. The van der Waals surface area contributed by atoms with E-state index >= 15 is 0 Å². The number of fused-ring (bicyclic) bond motifs is 2. The summed E-state index contributed by atoms with van der Waals surface area (Å²) in [5, 5.41) is 14.2. The molecule has 31 heavy (non-hydrogen) atoms. The summed E-state index contributed by atoms with van der Waals surface area (Å²) < 4.78 is 0. The van der Waals surface area contributed by atoms with Gasteiger partial charge in [0.25, 0.3) is 0 Å². The average Bonchev–Trinajstić information content (AvgIpc) is 3.29. The first-order valence-corrected chi connectivity index (χ1v) is 10.7. The molecule has 6 rings (SSSR count). The van der Waals surface area contributed by atoms with Gasteiger partial charge in [-0.1, -0.05) is 24.3 Å². The monoisotopic (exact) mass is 413 g/mol. The Morgan fingerprint density at radius 2 is 1.77 bits per heavy atom. The zero-order valence-corrected chi connectivity index (χ0v) is 17.0. The number of nitrogens with zero attached hydrogens (tertiary/aromatic N) is 5. The van der Waals surface area contributed by atoms with Crippen molar-refractivity contribution in [1.29, 1.82) is 0 Å². The molecule has 0 spiro atoms. The molecule has 8 nitrogen and oxygen atoms in total. The van der Waals surface area contributed by atoms with E-state index in [-0.39, 0.29) is 5.91 Å². The van der Waals surface area contributed by atoms with Gasteiger partial charge in [-0.25, -0.2) is 9.97 Å². The summed E-state index contributed by atoms with van der Waals surface area (Å²) in [6, 6.07) is 8.85. The summed E-state index contributed by atoms with van der Waals surface area (Å²) in [7, 11) is 0. The number of likely N-dealkylation sites (tertiary alicyclic amines) is 1. The number of amides is 1. The number of H-pyrrole nitrogens is 1. The number of piperidine rings is 1. The lowest BCUT2D eigenvalue weighted by molar-refractivity contribution is -0.125. The number of anilines is 1. The first kappa shape index (κ1) is 18.2. The fraction of sp³-hybridized carbons (Fsp3) is 0.348. The molecule has 2 aliphatic carbocycles. The minimum atomic E-state index is 0.0389. The average molecular weight is 413 g/mol. The van der Waals surface area contributed by atoms with Crippen LogP contribution in [0.5, 0.6) is 0 Å². The van der Waals surface area contributed by atoms with Crippen molar-refractivity contribution < 1.29 is 4.79 Å². The smallest absolute Gasteiger partial charge is 0.246 e. The molecule has 1 saturated carbocycles. The Bertz CT molecular complexity index is 1090. The third kappa shape index (κ3) is 3.48. The molecule has 3 heterocycles. The van der Waals surface area contributed by atoms with Crippen LogP contribution in [0.3, 0.4) is 0 Å². The van der Waals surface area contributed by atoms with Gasteiger partial charge >= 0.3 is 0 Å². The molecule has 0 radical (unpaired) electrons. The molecule has 1 amide bonds. The van der Waals surface area contributed by atoms with Crippen molar-refractivity contribution in [2.45, 2.75) is 24.8 Å². The van der Waals surface area contributed by atoms with E-state index in [0.717, 1.165) is 37.2 Å². The zero-order chi connectivity index (χ0) is 20.8. The number of carbonyl (C=O) groups excluding carboxylic acids is 1. The Morgan fingerprint density at radius 3 is 2.42 bits per heavy atom. The lowest BCUT2D eigenvalue weighted by Crippen LogP contribution is -2.29. The Labute approximate surface area is 179 Å². The highest BCUT2D eigenvalue weighted by molar-refractivity contribution is 5.92. The predicted molar refractivity (Wildman–Crippen MR) is 115 cm³/mol. The normalized spacial score (nSPS) is 24.4. The molecule has 2 atom stereocenters. The number of rotatable bonds is 5. The van der Waals surface area contributed by atoms with Crippen LogP contribution >= 0.6 is 0 Å². The van der Waals surface area contributed by atoms with Crippen LogP contribution in [0.1, 0.15) is 28.3 Å². The zero-order valence-electron chi connectivity index (χ0n) is 17.0. The van der Waals surface area contributed by atoms with Crippen LogP contribution in [0.4, 0.5) is 5.95 Å². The molecule has 2 aromatic heterocycles. The van der Waals surface area contributed by atoms with Gasteiger partial charge < -0.3 is 10.2 Å². The van der Waals surface area contributed by atoms with Crippen molar-refractivity contribution in [3.05, 3.63) is 71.3 Å². The highest BCUT2D eigenvalue weighted by atomic mass is 16.2. The maximum absolute atomic E-state index is 12.5. The quantitative estimate of drug-likeness (QED) is 0.621. The van der Waals surface area contributed by atoms with Gasteiger partial charge in [-0.05, 0) is 41.9 Å². The minimum Gasteiger partial charge on any atom is -0.351 e. The summed E-state index contributed by atoms with van der Waals surface area (Å²) in [5.74, 6) is 2.14. The second-order valence-corrected chi connectivity index (χ2v) is 8.68. The summed E-state index contributed by atoms with van der Waals surface area (Å²) in [5.41, 5.74) is 4.62. The lowest BCUT2D eigenvalue weighted by atomic mass is 10.1. The Morgan fingerprint density at radius 1 is 1.06 bits per heavy atom. The van der Waals surface area contributed by atoms with Gasteiger partial charge in [0.2, 0.25) is 11.9 Å². The van der Waals surface area contributed by atoms with Gasteiger partial charge in [-0.15, -0.1) is 0 Å². The van der Waals surface area contributed by atoms with Crippen molar-refractivity contribution in [3.63, 3.8) is 0 Å². The van der Waals surface area contributed by atoms with E-state index in [1.54, 1.807) is 30.7 Å². The Kier molecular flexibility index (Phi) is 4.29. The van der Waals surface area contributed by atoms with E-state index in [1.165, 1.54) is 11.1 Å². The second-order valence-electron chi connectivity index (χ2n) is 8.68. The predicted octanol–water partition coefficient (Wildman–Crippen LogP) is 2.06. The highest BCUT2D eigenvalue weighted by Crippen LogP contribution is 2.57. The summed E-state index contributed by atoms with van der Waals surface area (Å²) in [4.78, 5) is 23.3. The van der Waals surface area contributed by atoms with Crippen LogP contribution in [0.2, 0.25) is 0 Å². The number of aromatic amines is 1. The van der Waals surface area contributed by atoms with Gasteiger partial charge in [0, 0.05) is 49.1 Å². The molecule has 0 bridgehead atoms. The van der Waals surface area contributed by atoms with Crippen molar-refractivity contribution >= 4 is 17.9 Å². The molecule has 156 valence electrons. The lowest BCUT2D eigenvalue weighted by Gasteiger charge is -2.17. The van der Waals surface area contributed by atoms with Gasteiger partial charge in [0.15, 0.2) is 0 Å². The van der Waals surface area contributed by atoms with Crippen LogP contribution in [0.25, 0.3) is 6.08 Å². The van der Waals surface area contributed by atoms with Crippen LogP contribution in [-0.4, -0.2) is 55.3 Å². The second kappa shape index (κ2) is 7.30. The van der Waals surface area contributed by atoms with E-state index in [9.17, 15) is 4.79 Å². The van der Waals surface area contributed by atoms with Gasteiger partial charge in [-0.2, -0.15) is 15.4 Å².